The molecule has 2 N–H and O–H groups in total. The lowest BCUT2D eigenvalue weighted by atomic mass is 9.95. The number of benzene rings is 2. The van der Waals surface area contributed by atoms with Crippen molar-refractivity contribution in [3.8, 4) is 0 Å². The quantitative estimate of drug-likeness (QED) is 0.321. The molecule has 2 aliphatic rings. The highest BCUT2D eigenvalue weighted by atomic mass is 19.1. The summed E-state index contributed by atoms with van der Waals surface area (Å²) in [6.45, 7) is 10.0. The number of urea groups is 1. The summed E-state index contributed by atoms with van der Waals surface area (Å²) in [6.07, 6.45) is 0.475. The van der Waals surface area contributed by atoms with Gasteiger partial charge in [0, 0.05) is 101 Å². The number of piperazine rings is 1. The maximum absolute atomic E-state index is 15.1. The van der Waals surface area contributed by atoms with Crippen molar-refractivity contribution in [3.63, 3.8) is 0 Å². The molecule has 258 valence electrons. The molecule has 1 aromatic heterocycles. The summed E-state index contributed by atoms with van der Waals surface area (Å²) in [5.74, 6) is -0.921. The number of hydrogen-bond acceptors (Lipinski definition) is 6. The van der Waals surface area contributed by atoms with Crippen LogP contribution in [0.25, 0.3) is 0 Å². The van der Waals surface area contributed by atoms with Crippen LogP contribution in [0.5, 0.6) is 0 Å². The van der Waals surface area contributed by atoms with E-state index in [0.29, 0.717) is 62.5 Å². The minimum absolute atomic E-state index is 0.0488. The Labute approximate surface area is 280 Å². The Kier molecular flexibility index (Phi) is 11.0. The van der Waals surface area contributed by atoms with Crippen LogP contribution < -0.4 is 15.5 Å². The van der Waals surface area contributed by atoms with Crippen LogP contribution in [0.4, 0.5) is 25.0 Å². The van der Waals surface area contributed by atoms with E-state index in [1.54, 1.807) is 30.0 Å². The third kappa shape index (κ3) is 7.78. The van der Waals surface area contributed by atoms with Crippen LogP contribution in [-0.4, -0.2) is 102 Å². The predicted octanol–water partition coefficient (Wildman–Crippen LogP) is 4.87. The number of aromatic nitrogens is 2. The van der Waals surface area contributed by atoms with Gasteiger partial charge in [-0.15, -0.1) is 0 Å². The molecule has 2 aromatic carbocycles. The lowest BCUT2D eigenvalue weighted by Gasteiger charge is -2.34. The number of carbonyl (C=O) groups excluding carboxylic acids is 3. The summed E-state index contributed by atoms with van der Waals surface area (Å²) >= 11 is 0. The Bertz CT molecular complexity index is 1620. The maximum Gasteiger partial charge on any atom is 0.322 e. The van der Waals surface area contributed by atoms with Crippen molar-refractivity contribution in [1.29, 1.82) is 0 Å². The molecule has 13 heteroatoms. The molecule has 1 saturated heterocycles. The van der Waals surface area contributed by atoms with Gasteiger partial charge in [0.05, 0.1) is 12.4 Å². The van der Waals surface area contributed by atoms with Crippen LogP contribution in [0.2, 0.25) is 0 Å². The van der Waals surface area contributed by atoms with Crippen LogP contribution in [0.1, 0.15) is 76.8 Å². The molecule has 0 bridgehead atoms. The van der Waals surface area contributed by atoms with Gasteiger partial charge in [-0.1, -0.05) is 13.0 Å². The van der Waals surface area contributed by atoms with E-state index in [0.717, 1.165) is 23.5 Å². The first-order valence-electron chi connectivity index (χ1n) is 16.6. The Morgan fingerprint density at radius 1 is 1.04 bits per heavy atom. The van der Waals surface area contributed by atoms with E-state index in [2.05, 4.69) is 27.4 Å². The second-order valence-electron chi connectivity index (χ2n) is 13.1. The lowest BCUT2D eigenvalue weighted by Crippen LogP contribution is -2.50. The number of fused-ring (bicyclic) bond motifs is 1. The van der Waals surface area contributed by atoms with Gasteiger partial charge in [0.1, 0.15) is 5.82 Å². The first-order chi connectivity index (χ1) is 23.0. The third-order valence-corrected chi connectivity index (χ3v) is 8.95. The second-order valence-corrected chi connectivity index (χ2v) is 13.1. The van der Waals surface area contributed by atoms with E-state index >= 15 is 4.39 Å². The van der Waals surface area contributed by atoms with E-state index in [9.17, 15) is 18.8 Å². The van der Waals surface area contributed by atoms with E-state index < -0.39 is 5.82 Å². The normalized spacial score (nSPS) is 16.5. The van der Waals surface area contributed by atoms with Gasteiger partial charge < -0.3 is 25.3 Å². The summed E-state index contributed by atoms with van der Waals surface area (Å²) in [7, 11) is 3.44. The number of alkyl halides is 1. The Morgan fingerprint density at radius 2 is 1.75 bits per heavy atom. The lowest BCUT2D eigenvalue weighted by molar-refractivity contribution is 0.0827. The number of carbonyl (C=O) groups is 3. The van der Waals surface area contributed by atoms with Crippen LogP contribution in [0.15, 0.2) is 42.5 Å². The van der Waals surface area contributed by atoms with Gasteiger partial charge in [0.15, 0.2) is 5.69 Å². The molecule has 0 spiro atoms. The van der Waals surface area contributed by atoms with Crippen molar-refractivity contribution in [2.75, 3.05) is 70.3 Å². The highest BCUT2D eigenvalue weighted by molar-refractivity contribution is 5.95. The predicted molar refractivity (Wildman–Crippen MR) is 182 cm³/mol. The zero-order chi connectivity index (χ0) is 34.5. The SMILES string of the molecule is CC(C)n1nc(C(=O)NCc2ccc(NC(=O)N3CCN(CCCF)CC3)c(F)c2)c2c1[C@@H](C)CN(c1ccc(C(=O)N(C)C)cc1)C2. The van der Waals surface area contributed by atoms with Crippen molar-refractivity contribution in [3.05, 3.63) is 76.4 Å². The number of rotatable bonds is 10. The van der Waals surface area contributed by atoms with Gasteiger partial charge in [0.2, 0.25) is 0 Å². The van der Waals surface area contributed by atoms with Gasteiger partial charge >= 0.3 is 6.03 Å². The van der Waals surface area contributed by atoms with Crippen LogP contribution in [-0.2, 0) is 13.1 Å². The minimum atomic E-state index is -0.596. The van der Waals surface area contributed by atoms with Gasteiger partial charge in [0.25, 0.3) is 11.8 Å². The average molecular weight is 665 g/mol. The summed E-state index contributed by atoms with van der Waals surface area (Å²) in [5, 5.41) is 10.3. The van der Waals surface area contributed by atoms with Crippen LogP contribution >= 0.6 is 0 Å². The van der Waals surface area contributed by atoms with E-state index in [1.807, 2.05) is 42.8 Å². The topological polar surface area (TPSA) is 106 Å². The van der Waals surface area contributed by atoms with Crippen molar-refractivity contribution in [2.24, 2.45) is 0 Å². The van der Waals surface area contributed by atoms with Gasteiger partial charge in [-0.3, -0.25) is 23.6 Å². The highest BCUT2D eigenvalue weighted by Crippen LogP contribution is 2.35. The number of nitrogens with zero attached hydrogens (tertiary/aromatic N) is 6. The number of anilines is 2. The Balaban J connectivity index is 1.24. The maximum atomic E-state index is 15.1. The Hall–Kier alpha value is -4.52. The molecule has 2 aliphatic heterocycles. The van der Waals surface area contributed by atoms with Crippen molar-refractivity contribution >= 4 is 29.2 Å². The van der Waals surface area contributed by atoms with Crippen LogP contribution in [0.3, 0.4) is 0 Å². The fourth-order valence-corrected chi connectivity index (χ4v) is 6.37. The monoisotopic (exact) mass is 664 g/mol. The zero-order valence-electron chi connectivity index (χ0n) is 28.4. The second kappa shape index (κ2) is 15.1. The summed E-state index contributed by atoms with van der Waals surface area (Å²) in [5.41, 5.74) is 4.37. The van der Waals surface area contributed by atoms with Crippen molar-refractivity contribution in [1.82, 2.24) is 29.8 Å². The summed E-state index contributed by atoms with van der Waals surface area (Å²) < 4.78 is 29.5. The van der Waals surface area contributed by atoms with E-state index in [1.165, 1.54) is 12.1 Å². The molecular formula is C35H46F2N8O3. The standard InChI is InChI=1S/C35H46F2N8O3/c1-23(2)45-32-24(3)21-44(27-10-8-26(9-11-27)34(47)41(4)5)22-28(32)31(40-45)33(46)38-20-25-7-12-30(29(37)19-25)39-35(48)43-17-15-42(16-18-43)14-6-13-36/h7-12,19,23-24H,6,13-18,20-22H2,1-5H3,(H,38,46)(H,39,48)/t24-/m0/s1. The van der Waals surface area contributed by atoms with Gasteiger partial charge in [-0.2, -0.15) is 5.10 Å². The molecule has 3 aromatic rings. The number of hydrogen-bond donors (Lipinski definition) is 2. The molecule has 3 heterocycles. The first kappa shape index (κ1) is 34.8. The molecule has 1 fully saturated rings. The Morgan fingerprint density at radius 3 is 2.38 bits per heavy atom. The molecule has 0 unspecified atom stereocenters. The molecule has 1 atom stereocenters. The molecule has 0 saturated carbocycles. The number of halogens is 2. The van der Waals surface area contributed by atoms with Crippen molar-refractivity contribution in [2.45, 2.75) is 52.2 Å². The zero-order valence-corrected chi connectivity index (χ0v) is 28.4. The fourth-order valence-electron chi connectivity index (χ4n) is 6.37. The molecule has 48 heavy (non-hydrogen) atoms. The molecule has 0 aliphatic carbocycles. The number of nitrogens with one attached hydrogen (secondary N) is 2. The molecule has 4 amide bonds. The number of amides is 4. The third-order valence-electron chi connectivity index (χ3n) is 8.95. The van der Waals surface area contributed by atoms with E-state index in [4.69, 9.17) is 5.10 Å². The summed E-state index contributed by atoms with van der Waals surface area (Å²) in [6, 6.07) is 11.6. The average Bonchev–Trinajstić information content (AvgIpc) is 3.48. The molecular weight excluding hydrogens is 618 g/mol. The first-order valence-corrected chi connectivity index (χ1v) is 16.6. The van der Waals surface area contributed by atoms with Crippen LogP contribution in [0, 0.1) is 5.82 Å². The minimum Gasteiger partial charge on any atom is -0.366 e. The molecule has 11 nitrogen and oxygen atoms in total. The highest BCUT2D eigenvalue weighted by Gasteiger charge is 2.33. The van der Waals surface area contributed by atoms with Gasteiger partial charge in [-0.25, -0.2) is 9.18 Å². The largest absolute Gasteiger partial charge is 0.366 e. The van der Waals surface area contributed by atoms with E-state index in [-0.39, 0.29) is 48.7 Å². The molecule has 5 rings (SSSR count). The fraction of sp³-hybridized carbons (Fsp3) is 0.486. The summed E-state index contributed by atoms with van der Waals surface area (Å²) in [4.78, 5) is 46.2. The van der Waals surface area contributed by atoms with Gasteiger partial charge in [-0.05, 0) is 62.2 Å². The smallest absolute Gasteiger partial charge is 0.322 e. The molecule has 0 radical (unpaired) electrons. The van der Waals surface area contributed by atoms with Crippen molar-refractivity contribution < 1.29 is 23.2 Å².